The molecule has 0 amide bonds. The number of nitrogens with zero attached hydrogens (tertiary/aromatic N) is 3. The molecule has 4 heteroatoms. The fourth-order valence-electron chi connectivity index (χ4n) is 1.74. The summed E-state index contributed by atoms with van der Waals surface area (Å²) in [7, 11) is 0. The van der Waals surface area contributed by atoms with Crippen molar-refractivity contribution in [3.05, 3.63) is 17.8 Å². The van der Waals surface area contributed by atoms with E-state index in [4.69, 9.17) is 11.0 Å². The first-order valence-electron chi connectivity index (χ1n) is 5.18. The van der Waals surface area contributed by atoms with E-state index in [9.17, 15) is 0 Å². The van der Waals surface area contributed by atoms with Crippen LogP contribution in [0.3, 0.4) is 0 Å². The zero-order chi connectivity index (χ0) is 10.8. The molecule has 1 aromatic heterocycles. The number of pyridine rings is 1. The highest BCUT2D eigenvalue weighted by Crippen LogP contribution is 2.33. The first kappa shape index (κ1) is 9.78. The molecule has 15 heavy (non-hydrogen) atoms. The van der Waals surface area contributed by atoms with E-state index in [1.807, 2.05) is 6.07 Å². The summed E-state index contributed by atoms with van der Waals surface area (Å²) in [6.45, 7) is 3.01. The van der Waals surface area contributed by atoms with E-state index in [0.717, 1.165) is 12.4 Å². The van der Waals surface area contributed by atoms with Gasteiger partial charge in [0.05, 0.1) is 11.3 Å². The van der Waals surface area contributed by atoms with Crippen LogP contribution in [0.4, 0.5) is 11.5 Å². The van der Waals surface area contributed by atoms with Crippen LogP contribution in [0, 0.1) is 11.3 Å². The second-order valence-electron chi connectivity index (χ2n) is 3.77. The Morgan fingerprint density at radius 1 is 1.67 bits per heavy atom. The van der Waals surface area contributed by atoms with E-state index in [2.05, 4.69) is 16.8 Å². The predicted octanol–water partition coefficient (Wildman–Crippen LogP) is 1.52. The number of nitrogen functional groups attached to an aromatic ring is 1. The fraction of sp³-hybridized carbons (Fsp3) is 0.455. The first-order chi connectivity index (χ1) is 7.26. The number of anilines is 2. The van der Waals surface area contributed by atoms with Crippen molar-refractivity contribution >= 4 is 11.5 Å². The van der Waals surface area contributed by atoms with Crippen molar-refractivity contribution in [1.29, 1.82) is 5.26 Å². The lowest BCUT2D eigenvalue weighted by Crippen LogP contribution is -2.27. The number of hydrogen-bond acceptors (Lipinski definition) is 4. The maximum atomic E-state index is 8.71. The highest BCUT2D eigenvalue weighted by Gasteiger charge is 2.29. The van der Waals surface area contributed by atoms with Crippen molar-refractivity contribution in [2.24, 2.45) is 0 Å². The molecule has 0 aliphatic heterocycles. The standard InChI is InChI=1S/C11H14N4/c1-2-15(9-3-4-9)11-10(13)5-8(6-12)7-14-11/h5,7,9H,2-4,13H2,1H3. The van der Waals surface area contributed by atoms with Gasteiger partial charge in [-0.2, -0.15) is 5.26 Å². The second kappa shape index (κ2) is 3.77. The van der Waals surface area contributed by atoms with Crippen molar-refractivity contribution in [2.45, 2.75) is 25.8 Å². The Labute approximate surface area is 89.3 Å². The van der Waals surface area contributed by atoms with Crippen molar-refractivity contribution in [1.82, 2.24) is 4.98 Å². The van der Waals surface area contributed by atoms with Crippen LogP contribution < -0.4 is 10.6 Å². The molecule has 2 rings (SSSR count). The molecule has 1 fully saturated rings. The summed E-state index contributed by atoms with van der Waals surface area (Å²) >= 11 is 0. The van der Waals surface area contributed by atoms with E-state index in [-0.39, 0.29) is 0 Å². The maximum Gasteiger partial charge on any atom is 0.152 e. The zero-order valence-electron chi connectivity index (χ0n) is 8.77. The lowest BCUT2D eigenvalue weighted by atomic mass is 10.2. The van der Waals surface area contributed by atoms with E-state index in [1.165, 1.54) is 12.8 Å². The molecule has 1 aromatic rings. The molecule has 1 heterocycles. The van der Waals surface area contributed by atoms with Crippen molar-refractivity contribution in [3.8, 4) is 6.07 Å². The molecule has 0 saturated heterocycles. The van der Waals surface area contributed by atoms with Crippen LogP contribution in [0.2, 0.25) is 0 Å². The average Bonchev–Trinajstić information content (AvgIpc) is 3.05. The molecule has 2 N–H and O–H groups in total. The SMILES string of the molecule is CCN(c1ncc(C#N)cc1N)C1CC1. The van der Waals surface area contributed by atoms with Gasteiger partial charge in [-0.05, 0) is 25.8 Å². The molecule has 0 unspecified atom stereocenters. The number of nitrogens with two attached hydrogens (primary N) is 1. The lowest BCUT2D eigenvalue weighted by molar-refractivity contribution is 0.810. The summed E-state index contributed by atoms with van der Waals surface area (Å²) in [5.41, 5.74) is 7.00. The third-order valence-corrected chi connectivity index (χ3v) is 2.62. The minimum absolute atomic E-state index is 0.517. The third-order valence-electron chi connectivity index (χ3n) is 2.62. The van der Waals surface area contributed by atoms with Gasteiger partial charge in [0.15, 0.2) is 5.82 Å². The normalized spacial score (nSPS) is 14.7. The van der Waals surface area contributed by atoms with Gasteiger partial charge in [0, 0.05) is 18.8 Å². The molecule has 0 aromatic carbocycles. The summed E-state index contributed by atoms with van der Waals surface area (Å²) in [5.74, 6) is 0.819. The molecule has 1 saturated carbocycles. The summed E-state index contributed by atoms with van der Waals surface area (Å²) in [6, 6.07) is 4.32. The first-order valence-corrected chi connectivity index (χ1v) is 5.18. The van der Waals surface area contributed by atoms with Crippen molar-refractivity contribution in [3.63, 3.8) is 0 Å². The van der Waals surface area contributed by atoms with Gasteiger partial charge in [-0.3, -0.25) is 0 Å². The Balaban J connectivity index is 2.31. The molecular weight excluding hydrogens is 188 g/mol. The van der Waals surface area contributed by atoms with Crippen LogP contribution in [0.15, 0.2) is 12.3 Å². The minimum atomic E-state index is 0.517. The molecule has 0 radical (unpaired) electrons. The molecule has 0 spiro atoms. The Bertz CT molecular complexity index is 404. The highest BCUT2D eigenvalue weighted by atomic mass is 15.2. The minimum Gasteiger partial charge on any atom is -0.396 e. The summed E-state index contributed by atoms with van der Waals surface area (Å²) in [5, 5.41) is 8.71. The smallest absolute Gasteiger partial charge is 0.152 e. The largest absolute Gasteiger partial charge is 0.396 e. The maximum absolute atomic E-state index is 8.71. The number of nitriles is 1. The molecule has 1 aliphatic carbocycles. The average molecular weight is 202 g/mol. The summed E-state index contributed by atoms with van der Waals surface area (Å²) in [4.78, 5) is 6.46. The molecular formula is C11H14N4. The quantitative estimate of drug-likeness (QED) is 0.807. The molecule has 78 valence electrons. The van der Waals surface area contributed by atoms with E-state index >= 15 is 0 Å². The summed E-state index contributed by atoms with van der Waals surface area (Å²) < 4.78 is 0. The van der Waals surface area contributed by atoms with Gasteiger partial charge in [0.25, 0.3) is 0 Å². The van der Waals surface area contributed by atoms with Gasteiger partial charge in [0.2, 0.25) is 0 Å². The van der Waals surface area contributed by atoms with Gasteiger partial charge in [-0.25, -0.2) is 4.98 Å². The monoisotopic (exact) mass is 202 g/mol. The van der Waals surface area contributed by atoms with Crippen molar-refractivity contribution < 1.29 is 0 Å². The van der Waals surface area contributed by atoms with E-state index < -0.39 is 0 Å². The molecule has 4 nitrogen and oxygen atoms in total. The van der Waals surface area contributed by atoms with Gasteiger partial charge in [0.1, 0.15) is 6.07 Å². The third kappa shape index (κ3) is 1.86. The molecule has 0 bridgehead atoms. The van der Waals surface area contributed by atoms with Gasteiger partial charge < -0.3 is 10.6 Å². The van der Waals surface area contributed by atoms with Crippen LogP contribution in [-0.4, -0.2) is 17.6 Å². The highest BCUT2D eigenvalue weighted by molar-refractivity contribution is 5.65. The Hall–Kier alpha value is -1.76. The van der Waals surface area contributed by atoms with E-state index in [1.54, 1.807) is 12.3 Å². The zero-order valence-corrected chi connectivity index (χ0v) is 8.77. The van der Waals surface area contributed by atoms with Crippen LogP contribution in [-0.2, 0) is 0 Å². The van der Waals surface area contributed by atoms with Gasteiger partial charge >= 0.3 is 0 Å². The van der Waals surface area contributed by atoms with Crippen LogP contribution in [0.1, 0.15) is 25.3 Å². The van der Waals surface area contributed by atoms with E-state index in [0.29, 0.717) is 17.3 Å². The molecule has 1 aliphatic rings. The van der Waals surface area contributed by atoms with Crippen LogP contribution in [0.25, 0.3) is 0 Å². The Morgan fingerprint density at radius 2 is 2.40 bits per heavy atom. The van der Waals surface area contributed by atoms with Crippen LogP contribution >= 0.6 is 0 Å². The topological polar surface area (TPSA) is 65.9 Å². The Kier molecular flexibility index (Phi) is 2.46. The number of hydrogen-bond donors (Lipinski definition) is 1. The van der Waals surface area contributed by atoms with Crippen LogP contribution in [0.5, 0.6) is 0 Å². The predicted molar refractivity (Wildman–Crippen MR) is 59.4 cm³/mol. The Morgan fingerprint density at radius 3 is 2.87 bits per heavy atom. The number of aromatic nitrogens is 1. The second-order valence-corrected chi connectivity index (χ2v) is 3.77. The summed E-state index contributed by atoms with van der Waals surface area (Å²) in [6.07, 6.45) is 4.01. The van der Waals surface area contributed by atoms with Gasteiger partial charge in [-0.1, -0.05) is 0 Å². The number of rotatable bonds is 3. The van der Waals surface area contributed by atoms with Crippen molar-refractivity contribution in [2.75, 3.05) is 17.2 Å². The van der Waals surface area contributed by atoms with Gasteiger partial charge in [-0.15, -0.1) is 0 Å². The lowest BCUT2D eigenvalue weighted by Gasteiger charge is -2.22. The fourth-order valence-corrected chi connectivity index (χ4v) is 1.74. The molecule has 0 atom stereocenters.